The maximum Gasteiger partial charge on any atom is 0.132 e. The third-order valence-corrected chi connectivity index (χ3v) is 3.43. The molecular weight excluding hydrogens is 248 g/mol. The molecule has 1 aliphatic heterocycles. The molecule has 1 aromatic carbocycles. The van der Waals surface area contributed by atoms with Crippen molar-refractivity contribution in [1.29, 1.82) is 0 Å². The van der Waals surface area contributed by atoms with Gasteiger partial charge in [0.05, 0.1) is 6.04 Å². The smallest absolute Gasteiger partial charge is 0.132 e. The van der Waals surface area contributed by atoms with E-state index < -0.39 is 5.82 Å². The van der Waals surface area contributed by atoms with E-state index in [2.05, 4.69) is 9.97 Å². The van der Waals surface area contributed by atoms with Crippen LogP contribution in [0.3, 0.4) is 0 Å². The van der Waals surface area contributed by atoms with Crippen LogP contribution in [0.25, 0.3) is 0 Å². The maximum absolute atomic E-state index is 13.9. The van der Waals surface area contributed by atoms with Crippen LogP contribution in [0.5, 0.6) is 0 Å². The van der Waals surface area contributed by atoms with E-state index in [-0.39, 0.29) is 11.9 Å². The summed E-state index contributed by atoms with van der Waals surface area (Å²) < 4.78 is 27.2. The van der Waals surface area contributed by atoms with Crippen molar-refractivity contribution in [1.82, 2.24) is 9.97 Å². The highest BCUT2D eigenvalue weighted by molar-refractivity contribution is 5.43. The Bertz CT molecular complexity index is 574. The third kappa shape index (κ3) is 2.28. The number of aromatic nitrogens is 2. The summed E-state index contributed by atoms with van der Waals surface area (Å²) in [5.74, 6) is -0.0283. The molecule has 1 fully saturated rings. The first kappa shape index (κ1) is 12.0. The van der Waals surface area contributed by atoms with Gasteiger partial charge < -0.3 is 4.90 Å². The van der Waals surface area contributed by atoms with Gasteiger partial charge in [0.1, 0.15) is 23.8 Å². The highest BCUT2D eigenvalue weighted by Gasteiger charge is 2.29. The molecule has 0 radical (unpaired) electrons. The van der Waals surface area contributed by atoms with E-state index >= 15 is 0 Å². The first-order chi connectivity index (χ1) is 9.25. The lowest BCUT2D eigenvalue weighted by Crippen LogP contribution is -2.24. The van der Waals surface area contributed by atoms with Crippen molar-refractivity contribution in [3.63, 3.8) is 0 Å². The number of nitrogens with zero attached hydrogens (tertiary/aromatic N) is 3. The van der Waals surface area contributed by atoms with Crippen molar-refractivity contribution in [3.05, 3.63) is 54.0 Å². The average molecular weight is 261 g/mol. The Balaban J connectivity index is 1.97. The fourth-order valence-corrected chi connectivity index (χ4v) is 2.59. The molecule has 2 aromatic rings. The highest BCUT2D eigenvalue weighted by atomic mass is 19.1. The molecule has 2 heterocycles. The molecule has 3 nitrogen and oxygen atoms in total. The Hall–Kier alpha value is -2.04. The number of benzene rings is 1. The predicted octanol–water partition coefficient (Wildman–Crippen LogP) is 3.10. The Morgan fingerprint density at radius 3 is 2.89 bits per heavy atom. The van der Waals surface area contributed by atoms with Gasteiger partial charge in [-0.25, -0.2) is 18.7 Å². The number of hydrogen-bond donors (Lipinski definition) is 0. The minimum absolute atomic E-state index is 0.161. The summed E-state index contributed by atoms with van der Waals surface area (Å²) in [6, 6.07) is 5.23. The molecule has 1 atom stereocenters. The summed E-state index contributed by atoms with van der Waals surface area (Å²) in [6.07, 6.45) is 4.85. The fourth-order valence-electron chi connectivity index (χ4n) is 2.59. The number of anilines is 1. The Morgan fingerprint density at radius 1 is 1.21 bits per heavy atom. The highest BCUT2D eigenvalue weighted by Crippen LogP contribution is 2.36. The number of rotatable bonds is 2. The van der Waals surface area contributed by atoms with Crippen molar-refractivity contribution in [3.8, 4) is 0 Å². The van der Waals surface area contributed by atoms with Gasteiger partial charge in [0.2, 0.25) is 0 Å². The molecular formula is C14H13F2N3. The van der Waals surface area contributed by atoms with Crippen LogP contribution in [0.2, 0.25) is 0 Å². The molecule has 0 aliphatic carbocycles. The summed E-state index contributed by atoms with van der Waals surface area (Å²) in [7, 11) is 0. The molecule has 0 saturated carbocycles. The van der Waals surface area contributed by atoms with E-state index in [0.29, 0.717) is 5.56 Å². The van der Waals surface area contributed by atoms with Gasteiger partial charge in [0.25, 0.3) is 0 Å². The van der Waals surface area contributed by atoms with Crippen LogP contribution >= 0.6 is 0 Å². The molecule has 19 heavy (non-hydrogen) atoms. The summed E-state index contributed by atoms with van der Waals surface area (Å²) in [6.45, 7) is 0.789. The Morgan fingerprint density at radius 2 is 2.11 bits per heavy atom. The van der Waals surface area contributed by atoms with Gasteiger partial charge in [-0.1, -0.05) is 0 Å². The summed E-state index contributed by atoms with van der Waals surface area (Å²) in [4.78, 5) is 10.1. The van der Waals surface area contributed by atoms with Crippen LogP contribution in [0.15, 0.2) is 36.8 Å². The van der Waals surface area contributed by atoms with Crippen LogP contribution in [-0.2, 0) is 0 Å². The van der Waals surface area contributed by atoms with Crippen molar-refractivity contribution in [2.45, 2.75) is 18.9 Å². The molecule has 1 saturated heterocycles. The van der Waals surface area contributed by atoms with Gasteiger partial charge in [-0.05, 0) is 37.1 Å². The first-order valence-corrected chi connectivity index (χ1v) is 6.23. The van der Waals surface area contributed by atoms with Crippen molar-refractivity contribution >= 4 is 5.82 Å². The molecule has 3 rings (SSSR count). The van der Waals surface area contributed by atoms with E-state index in [0.717, 1.165) is 31.3 Å². The number of hydrogen-bond acceptors (Lipinski definition) is 3. The molecule has 1 unspecified atom stereocenters. The summed E-state index contributed by atoms with van der Waals surface area (Å²) >= 11 is 0. The second-order valence-electron chi connectivity index (χ2n) is 4.58. The first-order valence-electron chi connectivity index (χ1n) is 6.23. The van der Waals surface area contributed by atoms with Crippen LogP contribution < -0.4 is 4.90 Å². The van der Waals surface area contributed by atoms with Crippen molar-refractivity contribution in [2.24, 2.45) is 0 Å². The predicted molar refractivity (Wildman–Crippen MR) is 67.7 cm³/mol. The Labute approximate surface area is 109 Å². The molecule has 1 aliphatic rings. The minimum Gasteiger partial charge on any atom is -0.349 e. The lowest BCUT2D eigenvalue weighted by molar-refractivity contribution is 0.560. The molecule has 5 heteroatoms. The quantitative estimate of drug-likeness (QED) is 0.831. The van der Waals surface area contributed by atoms with Gasteiger partial charge in [-0.15, -0.1) is 0 Å². The molecule has 0 N–H and O–H groups in total. The van der Waals surface area contributed by atoms with Crippen LogP contribution in [0.4, 0.5) is 14.6 Å². The van der Waals surface area contributed by atoms with Gasteiger partial charge in [0.15, 0.2) is 0 Å². The lowest BCUT2D eigenvalue weighted by atomic mass is 10.0. The largest absolute Gasteiger partial charge is 0.349 e. The lowest BCUT2D eigenvalue weighted by Gasteiger charge is -2.26. The topological polar surface area (TPSA) is 29.0 Å². The Kier molecular flexibility index (Phi) is 3.11. The molecule has 98 valence electrons. The van der Waals surface area contributed by atoms with E-state index in [1.54, 1.807) is 12.3 Å². The average Bonchev–Trinajstić information content (AvgIpc) is 2.91. The number of halogens is 2. The van der Waals surface area contributed by atoms with E-state index in [1.807, 2.05) is 4.90 Å². The molecule has 0 bridgehead atoms. The third-order valence-electron chi connectivity index (χ3n) is 3.43. The summed E-state index contributed by atoms with van der Waals surface area (Å²) in [5.41, 5.74) is 0.399. The zero-order chi connectivity index (χ0) is 13.2. The van der Waals surface area contributed by atoms with E-state index in [4.69, 9.17) is 0 Å². The maximum atomic E-state index is 13.9. The summed E-state index contributed by atoms with van der Waals surface area (Å²) in [5, 5.41) is 0. The monoisotopic (exact) mass is 261 g/mol. The zero-order valence-corrected chi connectivity index (χ0v) is 10.3. The van der Waals surface area contributed by atoms with Gasteiger partial charge >= 0.3 is 0 Å². The minimum atomic E-state index is -0.411. The van der Waals surface area contributed by atoms with Gasteiger partial charge in [-0.3, -0.25) is 0 Å². The van der Waals surface area contributed by atoms with Gasteiger partial charge in [0, 0.05) is 18.3 Å². The SMILES string of the molecule is Fc1ccc(F)c(C2CCCN2c2ccncn2)c1. The second kappa shape index (κ2) is 4.91. The van der Waals surface area contributed by atoms with Crippen LogP contribution in [-0.4, -0.2) is 16.5 Å². The van der Waals surface area contributed by atoms with Crippen LogP contribution in [0, 0.1) is 11.6 Å². The normalized spacial score (nSPS) is 18.8. The fraction of sp³-hybridized carbons (Fsp3) is 0.286. The van der Waals surface area contributed by atoms with Crippen LogP contribution in [0.1, 0.15) is 24.4 Å². The molecule has 0 amide bonds. The van der Waals surface area contributed by atoms with Crippen molar-refractivity contribution in [2.75, 3.05) is 11.4 Å². The molecule has 1 aromatic heterocycles. The van der Waals surface area contributed by atoms with Crippen molar-refractivity contribution < 1.29 is 8.78 Å². The molecule has 0 spiro atoms. The zero-order valence-electron chi connectivity index (χ0n) is 10.3. The standard InChI is InChI=1S/C14H13F2N3/c15-10-3-4-12(16)11(8-10)13-2-1-7-19(13)14-5-6-17-9-18-14/h3-6,8-9,13H,1-2,7H2. The van der Waals surface area contributed by atoms with E-state index in [1.165, 1.54) is 18.5 Å². The second-order valence-corrected chi connectivity index (χ2v) is 4.58. The van der Waals surface area contributed by atoms with E-state index in [9.17, 15) is 8.78 Å². The van der Waals surface area contributed by atoms with Gasteiger partial charge in [-0.2, -0.15) is 0 Å².